The summed E-state index contributed by atoms with van der Waals surface area (Å²) in [6.45, 7) is 0. The van der Waals surface area contributed by atoms with Gasteiger partial charge in [-0.2, -0.15) is 0 Å². The molecule has 3 rings (SSSR count). The number of amides is 1. The number of nitrogens with zero attached hydrogens (tertiary/aromatic N) is 1. The highest BCUT2D eigenvalue weighted by molar-refractivity contribution is 5.99. The fraction of sp³-hybridized carbons (Fsp3) is 0.200. The second kappa shape index (κ2) is 4.85. The molecular formula is C15H14N2O3. The topological polar surface area (TPSA) is 60.5 Å². The minimum atomic E-state index is -0.316. The molecule has 1 aliphatic rings. The van der Waals surface area contributed by atoms with Crippen LogP contribution in [0.1, 0.15) is 27.7 Å². The highest BCUT2D eigenvalue weighted by Gasteiger charge is 2.32. The Bertz CT molecular complexity index is 670. The Kier molecular flexibility index (Phi) is 3.02. The summed E-state index contributed by atoms with van der Waals surface area (Å²) < 4.78 is 10.6. The fourth-order valence-corrected chi connectivity index (χ4v) is 2.41. The first kappa shape index (κ1) is 12.5. The number of carbonyl (C=O) groups is 1. The van der Waals surface area contributed by atoms with Crippen LogP contribution in [0, 0.1) is 0 Å². The third-order valence-corrected chi connectivity index (χ3v) is 3.38. The maximum atomic E-state index is 12.0. The SMILES string of the molecule is COc1ccc(OC)c(C2NC(=O)c3cccnc32)c1. The molecule has 102 valence electrons. The van der Waals surface area contributed by atoms with Crippen LogP contribution in [0.2, 0.25) is 0 Å². The lowest BCUT2D eigenvalue weighted by atomic mass is 10.0. The van der Waals surface area contributed by atoms with E-state index < -0.39 is 0 Å². The average Bonchev–Trinajstić information content (AvgIpc) is 2.84. The van der Waals surface area contributed by atoms with Crippen molar-refractivity contribution in [2.75, 3.05) is 14.2 Å². The van der Waals surface area contributed by atoms with E-state index in [-0.39, 0.29) is 11.9 Å². The smallest absolute Gasteiger partial charge is 0.254 e. The molecular weight excluding hydrogens is 256 g/mol. The second-order valence-electron chi connectivity index (χ2n) is 4.45. The van der Waals surface area contributed by atoms with Gasteiger partial charge in [-0.15, -0.1) is 0 Å². The Morgan fingerprint density at radius 2 is 2.05 bits per heavy atom. The van der Waals surface area contributed by atoms with Crippen LogP contribution < -0.4 is 14.8 Å². The predicted octanol–water partition coefficient (Wildman–Crippen LogP) is 1.93. The zero-order valence-electron chi connectivity index (χ0n) is 11.2. The van der Waals surface area contributed by atoms with Gasteiger partial charge in [0.1, 0.15) is 17.5 Å². The minimum absolute atomic E-state index is 0.122. The summed E-state index contributed by atoms with van der Waals surface area (Å²) in [5.74, 6) is 1.28. The quantitative estimate of drug-likeness (QED) is 0.925. The Hall–Kier alpha value is -2.56. The van der Waals surface area contributed by atoms with E-state index in [1.165, 1.54) is 0 Å². The molecule has 1 atom stereocenters. The van der Waals surface area contributed by atoms with Crippen LogP contribution in [0.5, 0.6) is 11.5 Å². The maximum absolute atomic E-state index is 12.0. The molecule has 5 nitrogen and oxygen atoms in total. The first-order valence-electron chi connectivity index (χ1n) is 6.22. The van der Waals surface area contributed by atoms with E-state index in [2.05, 4.69) is 10.3 Å². The molecule has 1 N–H and O–H groups in total. The molecule has 0 saturated carbocycles. The number of methoxy groups -OCH3 is 2. The molecule has 0 bridgehead atoms. The summed E-state index contributed by atoms with van der Waals surface area (Å²) in [4.78, 5) is 16.3. The van der Waals surface area contributed by atoms with E-state index in [9.17, 15) is 4.79 Å². The lowest BCUT2D eigenvalue weighted by molar-refractivity contribution is 0.0960. The average molecular weight is 270 g/mol. The van der Waals surface area contributed by atoms with E-state index in [0.29, 0.717) is 22.8 Å². The van der Waals surface area contributed by atoms with E-state index >= 15 is 0 Å². The van der Waals surface area contributed by atoms with Crippen molar-refractivity contribution in [3.05, 3.63) is 53.3 Å². The van der Waals surface area contributed by atoms with Crippen molar-refractivity contribution in [1.82, 2.24) is 10.3 Å². The number of fused-ring (bicyclic) bond motifs is 1. The van der Waals surface area contributed by atoms with Crippen LogP contribution in [0.15, 0.2) is 36.5 Å². The highest BCUT2D eigenvalue weighted by Crippen LogP contribution is 2.36. The monoisotopic (exact) mass is 270 g/mol. The van der Waals surface area contributed by atoms with Crippen LogP contribution >= 0.6 is 0 Å². The molecule has 1 unspecified atom stereocenters. The lowest BCUT2D eigenvalue weighted by Crippen LogP contribution is -2.20. The molecule has 1 aliphatic heterocycles. The van der Waals surface area contributed by atoms with Crippen molar-refractivity contribution < 1.29 is 14.3 Å². The number of aromatic nitrogens is 1. The van der Waals surface area contributed by atoms with E-state index in [1.807, 2.05) is 18.2 Å². The normalized spacial score (nSPS) is 16.5. The van der Waals surface area contributed by atoms with Crippen molar-refractivity contribution in [3.8, 4) is 11.5 Å². The zero-order chi connectivity index (χ0) is 14.1. The number of hydrogen-bond donors (Lipinski definition) is 1. The first-order chi connectivity index (χ1) is 9.74. The summed E-state index contributed by atoms with van der Waals surface area (Å²) in [6.07, 6.45) is 1.68. The van der Waals surface area contributed by atoms with Gasteiger partial charge in [0, 0.05) is 11.8 Å². The number of hydrogen-bond acceptors (Lipinski definition) is 4. The Morgan fingerprint density at radius 3 is 2.80 bits per heavy atom. The van der Waals surface area contributed by atoms with Crippen LogP contribution in [-0.4, -0.2) is 25.1 Å². The van der Waals surface area contributed by atoms with Gasteiger partial charge in [-0.05, 0) is 30.3 Å². The van der Waals surface area contributed by atoms with E-state index in [0.717, 1.165) is 5.56 Å². The molecule has 20 heavy (non-hydrogen) atoms. The summed E-state index contributed by atoms with van der Waals surface area (Å²) in [5, 5.41) is 2.92. The minimum Gasteiger partial charge on any atom is -0.497 e. The molecule has 2 heterocycles. The number of rotatable bonds is 3. The van der Waals surface area contributed by atoms with Gasteiger partial charge < -0.3 is 14.8 Å². The lowest BCUT2D eigenvalue weighted by Gasteiger charge is -2.16. The van der Waals surface area contributed by atoms with E-state index in [4.69, 9.17) is 9.47 Å². The van der Waals surface area contributed by atoms with Crippen molar-refractivity contribution >= 4 is 5.91 Å². The summed E-state index contributed by atoms with van der Waals surface area (Å²) in [6, 6.07) is 8.70. The van der Waals surface area contributed by atoms with Crippen molar-refractivity contribution in [3.63, 3.8) is 0 Å². The third-order valence-electron chi connectivity index (χ3n) is 3.38. The second-order valence-corrected chi connectivity index (χ2v) is 4.45. The van der Waals surface area contributed by atoms with Gasteiger partial charge in [-0.3, -0.25) is 9.78 Å². The largest absolute Gasteiger partial charge is 0.497 e. The number of ether oxygens (including phenoxy) is 2. The summed E-state index contributed by atoms with van der Waals surface area (Å²) in [7, 11) is 3.20. The number of carbonyl (C=O) groups excluding carboxylic acids is 1. The molecule has 0 radical (unpaired) electrons. The number of nitrogens with one attached hydrogen (secondary N) is 1. The summed E-state index contributed by atoms with van der Waals surface area (Å²) >= 11 is 0. The molecule has 1 aromatic heterocycles. The van der Waals surface area contributed by atoms with Crippen LogP contribution in [-0.2, 0) is 0 Å². The maximum Gasteiger partial charge on any atom is 0.254 e. The predicted molar refractivity (Wildman–Crippen MR) is 73.1 cm³/mol. The van der Waals surface area contributed by atoms with Gasteiger partial charge in [-0.25, -0.2) is 0 Å². The van der Waals surface area contributed by atoms with Crippen LogP contribution in [0.4, 0.5) is 0 Å². The zero-order valence-corrected chi connectivity index (χ0v) is 11.2. The molecule has 0 spiro atoms. The Morgan fingerprint density at radius 1 is 1.20 bits per heavy atom. The van der Waals surface area contributed by atoms with Gasteiger partial charge in [0.2, 0.25) is 0 Å². The highest BCUT2D eigenvalue weighted by atomic mass is 16.5. The number of benzene rings is 1. The molecule has 2 aromatic rings. The molecule has 5 heteroatoms. The van der Waals surface area contributed by atoms with Gasteiger partial charge in [0.25, 0.3) is 5.91 Å². The number of pyridine rings is 1. The van der Waals surface area contributed by atoms with Crippen LogP contribution in [0.3, 0.4) is 0 Å². The van der Waals surface area contributed by atoms with Gasteiger partial charge in [-0.1, -0.05) is 0 Å². The van der Waals surface area contributed by atoms with Gasteiger partial charge in [0.05, 0.1) is 25.5 Å². The summed E-state index contributed by atoms with van der Waals surface area (Å²) in [5.41, 5.74) is 2.14. The fourth-order valence-electron chi connectivity index (χ4n) is 2.41. The molecule has 1 amide bonds. The first-order valence-corrected chi connectivity index (χ1v) is 6.22. The van der Waals surface area contributed by atoms with Crippen molar-refractivity contribution in [2.24, 2.45) is 0 Å². The molecule has 0 saturated heterocycles. The van der Waals surface area contributed by atoms with Crippen LogP contribution in [0.25, 0.3) is 0 Å². The molecule has 0 aliphatic carbocycles. The molecule has 1 aromatic carbocycles. The van der Waals surface area contributed by atoms with Gasteiger partial charge in [0.15, 0.2) is 0 Å². The third kappa shape index (κ3) is 1.87. The Balaban J connectivity index is 2.13. The standard InChI is InChI=1S/C15H14N2O3/c1-19-9-5-6-12(20-2)11(8-9)14-13-10(15(18)17-14)4-3-7-16-13/h3-8,14H,1-2H3,(H,17,18). The van der Waals surface area contributed by atoms with E-state index in [1.54, 1.807) is 32.5 Å². The van der Waals surface area contributed by atoms with Crippen molar-refractivity contribution in [2.45, 2.75) is 6.04 Å². The Labute approximate surface area is 116 Å². The van der Waals surface area contributed by atoms with Gasteiger partial charge >= 0.3 is 0 Å². The molecule has 0 fully saturated rings. The van der Waals surface area contributed by atoms with Crippen molar-refractivity contribution in [1.29, 1.82) is 0 Å².